The second-order valence-corrected chi connectivity index (χ2v) is 2.14. The Labute approximate surface area is 73.2 Å². The van der Waals surface area contributed by atoms with E-state index in [1.165, 1.54) is 0 Å². The number of rotatable bonds is 3. The lowest BCUT2D eigenvalue weighted by molar-refractivity contribution is -0.133. The first-order valence-electron chi connectivity index (χ1n) is 2.45. The molecule has 0 aliphatic rings. The summed E-state index contributed by atoms with van der Waals surface area (Å²) in [5.41, 5.74) is 0. The van der Waals surface area contributed by atoms with Crippen LogP contribution in [0.1, 0.15) is 0 Å². The first-order chi connectivity index (χ1) is 5.13. The minimum absolute atomic E-state index is 0.244. The molecule has 0 fully saturated rings. The van der Waals surface area contributed by atoms with Crippen molar-refractivity contribution in [3.63, 3.8) is 0 Å². The zero-order valence-corrected chi connectivity index (χ0v) is 6.85. The van der Waals surface area contributed by atoms with Gasteiger partial charge in [0.25, 0.3) is 0 Å². The molecule has 0 aromatic rings. The maximum atomic E-state index is 10.6. The smallest absolute Gasteiger partial charge is 0.356 e. The van der Waals surface area contributed by atoms with E-state index in [1.807, 2.05) is 0 Å². The van der Waals surface area contributed by atoms with Crippen molar-refractivity contribution in [1.82, 2.24) is 0 Å². The lowest BCUT2D eigenvalue weighted by Gasteiger charge is -1.95. The van der Waals surface area contributed by atoms with Crippen LogP contribution in [-0.2, 0) is 14.3 Å². The van der Waals surface area contributed by atoms with Gasteiger partial charge in [-0.25, -0.2) is 4.79 Å². The molecule has 0 rings (SSSR count). The topological polar surface area (TPSA) is 43.4 Å². The Morgan fingerprint density at radius 1 is 1.45 bits per heavy atom. The second-order valence-electron chi connectivity index (χ2n) is 1.35. The number of aldehydes is 1. The van der Waals surface area contributed by atoms with Crippen molar-refractivity contribution in [2.45, 2.75) is 0 Å². The Kier molecular flexibility index (Phi) is 4.57. The molecule has 0 N–H and O–H groups in total. The largest absolute Gasteiger partial charge is 0.431 e. The van der Waals surface area contributed by atoms with E-state index in [0.717, 1.165) is 6.26 Å². The molecule has 0 aromatic carbocycles. The molecule has 0 unspecified atom stereocenters. The van der Waals surface area contributed by atoms with E-state index in [9.17, 15) is 9.59 Å². The Morgan fingerprint density at radius 3 is 2.36 bits per heavy atom. The summed E-state index contributed by atoms with van der Waals surface area (Å²) in [6, 6.07) is 0. The molecule has 0 spiro atoms. The zero-order chi connectivity index (χ0) is 8.85. The van der Waals surface area contributed by atoms with Crippen LogP contribution in [0.2, 0.25) is 0 Å². The van der Waals surface area contributed by atoms with E-state index in [2.05, 4.69) is 11.3 Å². The molecule has 0 atom stereocenters. The van der Waals surface area contributed by atoms with Crippen LogP contribution in [0.5, 0.6) is 0 Å². The third kappa shape index (κ3) is 3.20. The minimum atomic E-state index is -0.904. The van der Waals surface area contributed by atoms with Gasteiger partial charge in [0.1, 0.15) is 10.1 Å². The highest BCUT2D eigenvalue weighted by atomic mass is 35.5. The van der Waals surface area contributed by atoms with Gasteiger partial charge in [-0.3, -0.25) is 4.79 Å². The van der Waals surface area contributed by atoms with Crippen LogP contribution in [0.3, 0.4) is 0 Å². The summed E-state index contributed by atoms with van der Waals surface area (Å²) in [6.45, 7) is 3.11. The average Bonchev–Trinajstić information content (AvgIpc) is 2.02. The number of carbonyl (C=O) groups is 2. The average molecular weight is 195 g/mol. The Balaban J connectivity index is 4.45. The van der Waals surface area contributed by atoms with Crippen LogP contribution in [0, 0.1) is 0 Å². The fraction of sp³-hybridized carbons (Fsp3) is 0. The van der Waals surface area contributed by atoms with Gasteiger partial charge < -0.3 is 4.74 Å². The molecule has 0 aliphatic heterocycles. The van der Waals surface area contributed by atoms with Gasteiger partial charge in [-0.2, -0.15) is 0 Å². The van der Waals surface area contributed by atoms with Crippen LogP contribution >= 0.6 is 23.2 Å². The van der Waals surface area contributed by atoms with Crippen molar-refractivity contribution < 1.29 is 14.3 Å². The second kappa shape index (κ2) is 4.93. The van der Waals surface area contributed by atoms with Crippen LogP contribution in [0.25, 0.3) is 0 Å². The molecule has 5 heteroatoms. The van der Waals surface area contributed by atoms with E-state index < -0.39 is 16.0 Å². The molecule has 60 valence electrons. The summed E-state index contributed by atoms with van der Waals surface area (Å²) >= 11 is 10.4. The van der Waals surface area contributed by atoms with Crippen molar-refractivity contribution in [3.05, 3.63) is 22.9 Å². The lowest BCUT2D eigenvalue weighted by atomic mass is 10.5. The molecule has 0 aliphatic carbocycles. The third-order valence-electron chi connectivity index (χ3n) is 0.683. The summed E-state index contributed by atoms with van der Waals surface area (Å²) in [7, 11) is 0. The summed E-state index contributed by atoms with van der Waals surface area (Å²) in [6.07, 6.45) is 1.13. The molecule has 0 aromatic heterocycles. The number of carbonyl (C=O) groups excluding carboxylic acids is 2. The van der Waals surface area contributed by atoms with Gasteiger partial charge in [0.2, 0.25) is 0 Å². The first kappa shape index (κ1) is 10.2. The van der Waals surface area contributed by atoms with E-state index in [1.54, 1.807) is 0 Å². The van der Waals surface area contributed by atoms with Crippen molar-refractivity contribution in [2.75, 3.05) is 0 Å². The molecular weight excluding hydrogens is 191 g/mol. The number of esters is 1. The maximum Gasteiger partial charge on any atom is 0.356 e. The molecule has 0 radical (unpaired) electrons. The van der Waals surface area contributed by atoms with E-state index >= 15 is 0 Å². The fourth-order valence-electron chi connectivity index (χ4n) is 0.277. The summed E-state index contributed by atoms with van der Waals surface area (Å²) in [4.78, 5) is 20.6. The van der Waals surface area contributed by atoms with Crippen LogP contribution in [-0.4, -0.2) is 12.3 Å². The van der Waals surface area contributed by atoms with Gasteiger partial charge >= 0.3 is 5.97 Å². The van der Waals surface area contributed by atoms with Crippen molar-refractivity contribution in [3.8, 4) is 0 Å². The highest BCUT2D eigenvalue weighted by Crippen LogP contribution is 2.12. The molecule has 0 heterocycles. The summed E-state index contributed by atoms with van der Waals surface area (Å²) in [5.74, 6) is -0.904. The SMILES string of the molecule is C=COC(=O)/C(Cl)=C(\Cl)C=O. The van der Waals surface area contributed by atoms with E-state index in [4.69, 9.17) is 23.2 Å². The number of ether oxygens (including phenoxy) is 1. The Hall–Kier alpha value is -0.800. The third-order valence-corrected chi connectivity index (χ3v) is 1.42. The van der Waals surface area contributed by atoms with Gasteiger partial charge in [0.05, 0.1) is 6.26 Å². The van der Waals surface area contributed by atoms with E-state index in [0.29, 0.717) is 0 Å². The number of hydrogen-bond acceptors (Lipinski definition) is 3. The van der Waals surface area contributed by atoms with Crippen LogP contribution in [0.4, 0.5) is 0 Å². The number of allylic oxidation sites excluding steroid dienone is 1. The van der Waals surface area contributed by atoms with Gasteiger partial charge in [0.15, 0.2) is 6.29 Å². The molecule has 3 nitrogen and oxygen atoms in total. The van der Waals surface area contributed by atoms with Gasteiger partial charge in [-0.15, -0.1) is 0 Å². The van der Waals surface area contributed by atoms with Crippen molar-refractivity contribution >= 4 is 35.5 Å². The lowest BCUT2D eigenvalue weighted by Crippen LogP contribution is -2.00. The van der Waals surface area contributed by atoms with Crippen molar-refractivity contribution in [1.29, 1.82) is 0 Å². The van der Waals surface area contributed by atoms with Gasteiger partial charge in [-0.1, -0.05) is 29.8 Å². The molecule has 0 saturated heterocycles. The molecule has 0 saturated carbocycles. The first-order valence-corrected chi connectivity index (χ1v) is 3.21. The minimum Gasteiger partial charge on any atom is -0.431 e. The fourth-order valence-corrected chi connectivity index (χ4v) is 0.443. The van der Waals surface area contributed by atoms with Crippen LogP contribution < -0.4 is 0 Å². The highest BCUT2D eigenvalue weighted by molar-refractivity contribution is 6.51. The molecule has 0 bridgehead atoms. The van der Waals surface area contributed by atoms with Crippen molar-refractivity contribution in [2.24, 2.45) is 0 Å². The quantitative estimate of drug-likeness (QED) is 0.297. The van der Waals surface area contributed by atoms with Gasteiger partial charge in [-0.05, 0) is 0 Å². The monoisotopic (exact) mass is 194 g/mol. The molecule has 0 amide bonds. The highest BCUT2D eigenvalue weighted by Gasteiger charge is 2.11. The normalized spacial score (nSPS) is 11.5. The number of halogens is 2. The summed E-state index contributed by atoms with van der Waals surface area (Å²) in [5, 5.41) is -0.847. The molecule has 11 heavy (non-hydrogen) atoms. The Morgan fingerprint density at radius 2 is 2.00 bits per heavy atom. The standard InChI is InChI=1S/C6H4Cl2O3/c1-2-11-6(10)5(8)4(7)3-9/h2-3H,1H2/b5-4+. The maximum absolute atomic E-state index is 10.6. The number of hydrogen-bond donors (Lipinski definition) is 0. The summed E-state index contributed by atoms with van der Waals surface area (Å²) < 4.78 is 4.22. The predicted octanol–water partition coefficient (Wildman–Crippen LogP) is 1.56. The Bertz CT molecular complexity index is 220. The zero-order valence-electron chi connectivity index (χ0n) is 5.34. The molecular formula is C6H4Cl2O3. The van der Waals surface area contributed by atoms with E-state index in [-0.39, 0.29) is 6.29 Å². The van der Waals surface area contributed by atoms with Crippen LogP contribution in [0.15, 0.2) is 22.9 Å². The van der Waals surface area contributed by atoms with Gasteiger partial charge in [0, 0.05) is 0 Å². The predicted molar refractivity (Wildman–Crippen MR) is 41.1 cm³/mol.